The van der Waals surface area contributed by atoms with Crippen molar-refractivity contribution in [3.05, 3.63) is 83.7 Å². The molecule has 1 atom stereocenters. The highest BCUT2D eigenvalue weighted by atomic mass is 16.5. The quantitative estimate of drug-likeness (QED) is 0.349. The van der Waals surface area contributed by atoms with Crippen LogP contribution in [0.2, 0.25) is 0 Å². The number of aromatic nitrogens is 2. The highest BCUT2D eigenvalue weighted by molar-refractivity contribution is 5.77. The number of fused-ring (bicyclic) bond motifs is 1. The first-order valence-electron chi connectivity index (χ1n) is 10.8. The highest BCUT2D eigenvalue weighted by Crippen LogP contribution is 2.29. The number of nitrogens with one attached hydrogen (secondary N) is 1. The molecule has 1 N–H and O–H groups in total. The topological polar surface area (TPSA) is 65.6 Å². The fourth-order valence-electron chi connectivity index (χ4n) is 3.52. The van der Waals surface area contributed by atoms with E-state index in [0.29, 0.717) is 19.8 Å². The van der Waals surface area contributed by atoms with Crippen molar-refractivity contribution in [1.29, 1.82) is 0 Å². The third kappa shape index (κ3) is 5.03. The SMILES string of the molecule is CCOc1ccc2nc(C(OCC)c3ccc(OCc4ccc(OC)cc4)cc3)[nH]c2c1. The summed E-state index contributed by atoms with van der Waals surface area (Å²) in [6.07, 6.45) is -0.293. The molecule has 1 aromatic heterocycles. The van der Waals surface area contributed by atoms with E-state index in [2.05, 4.69) is 4.98 Å². The minimum atomic E-state index is -0.293. The molecule has 0 spiro atoms. The maximum Gasteiger partial charge on any atom is 0.141 e. The Morgan fingerprint density at radius 3 is 2.22 bits per heavy atom. The molecule has 0 fully saturated rings. The van der Waals surface area contributed by atoms with Gasteiger partial charge in [-0.2, -0.15) is 0 Å². The third-order valence-corrected chi connectivity index (χ3v) is 5.11. The smallest absolute Gasteiger partial charge is 0.141 e. The zero-order valence-electron chi connectivity index (χ0n) is 18.6. The highest BCUT2D eigenvalue weighted by Gasteiger charge is 2.19. The second kappa shape index (κ2) is 10.2. The molecule has 4 aromatic rings. The van der Waals surface area contributed by atoms with Crippen LogP contribution in [0.4, 0.5) is 0 Å². The second-order valence-corrected chi connectivity index (χ2v) is 7.28. The number of hydrogen-bond acceptors (Lipinski definition) is 5. The standard InChI is InChI=1S/C26H28N2O4/c1-4-30-22-14-15-23-24(16-22)28-26(27-23)25(31-5-2)19-8-12-21(13-9-19)32-17-18-6-10-20(29-3)11-7-18/h6-16,25H,4-5,17H2,1-3H3,(H,27,28). The van der Waals surface area contributed by atoms with Crippen molar-refractivity contribution < 1.29 is 18.9 Å². The van der Waals surface area contributed by atoms with Crippen LogP contribution in [0, 0.1) is 0 Å². The van der Waals surface area contributed by atoms with Crippen molar-refractivity contribution in [1.82, 2.24) is 9.97 Å². The summed E-state index contributed by atoms with van der Waals surface area (Å²) in [7, 11) is 1.66. The van der Waals surface area contributed by atoms with Crippen molar-refractivity contribution >= 4 is 11.0 Å². The number of benzene rings is 3. The minimum absolute atomic E-state index is 0.293. The molecule has 166 valence electrons. The molecule has 0 radical (unpaired) electrons. The van der Waals surface area contributed by atoms with Gasteiger partial charge in [-0.05, 0) is 61.4 Å². The van der Waals surface area contributed by atoms with Crippen LogP contribution in [0.15, 0.2) is 66.7 Å². The average molecular weight is 433 g/mol. The van der Waals surface area contributed by atoms with Crippen LogP contribution >= 0.6 is 0 Å². The lowest BCUT2D eigenvalue weighted by Gasteiger charge is -2.16. The van der Waals surface area contributed by atoms with E-state index >= 15 is 0 Å². The maximum absolute atomic E-state index is 6.03. The van der Waals surface area contributed by atoms with E-state index in [1.54, 1.807) is 7.11 Å². The van der Waals surface area contributed by atoms with Gasteiger partial charge in [-0.1, -0.05) is 24.3 Å². The van der Waals surface area contributed by atoms with Gasteiger partial charge in [0.1, 0.15) is 35.8 Å². The predicted molar refractivity (Wildman–Crippen MR) is 124 cm³/mol. The summed E-state index contributed by atoms with van der Waals surface area (Å²) >= 11 is 0. The summed E-state index contributed by atoms with van der Waals surface area (Å²) in [5.41, 5.74) is 3.89. The largest absolute Gasteiger partial charge is 0.497 e. The molecule has 1 heterocycles. The van der Waals surface area contributed by atoms with Gasteiger partial charge >= 0.3 is 0 Å². The van der Waals surface area contributed by atoms with E-state index in [0.717, 1.165) is 45.2 Å². The van der Waals surface area contributed by atoms with Crippen LogP contribution in [-0.4, -0.2) is 30.3 Å². The molecule has 0 saturated heterocycles. The molecule has 0 saturated carbocycles. The molecule has 0 aliphatic rings. The van der Waals surface area contributed by atoms with Crippen LogP contribution in [-0.2, 0) is 11.3 Å². The van der Waals surface area contributed by atoms with Gasteiger partial charge in [0.25, 0.3) is 0 Å². The Morgan fingerprint density at radius 1 is 0.812 bits per heavy atom. The fourth-order valence-corrected chi connectivity index (χ4v) is 3.52. The summed E-state index contributed by atoms with van der Waals surface area (Å²) in [6.45, 7) is 5.64. The first-order valence-corrected chi connectivity index (χ1v) is 10.8. The Bertz CT molecular complexity index is 1140. The lowest BCUT2D eigenvalue weighted by atomic mass is 10.1. The average Bonchev–Trinajstić information content (AvgIpc) is 3.25. The molecule has 4 rings (SSSR count). The lowest BCUT2D eigenvalue weighted by Crippen LogP contribution is -2.08. The van der Waals surface area contributed by atoms with E-state index in [1.165, 1.54) is 0 Å². The summed E-state index contributed by atoms with van der Waals surface area (Å²) < 4.78 is 22.8. The Kier molecular flexibility index (Phi) is 6.92. The summed E-state index contributed by atoms with van der Waals surface area (Å²) in [6, 6.07) is 21.7. The number of aromatic amines is 1. The molecular formula is C26H28N2O4. The van der Waals surface area contributed by atoms with Crippen LogP contribution in [0.25, 0.3) is 11.0 Å². The summed E-state index contributed by atoms with van der Waals surface area (Å²) in [5.74, 6) is 3.22. The number of methoxy groups -OCH3 is 1. The van der Waals surface area contributed by atoms with Gasteiger partial charge in [-0.15, -0.1) is 0 Å². The van der Waals surface area contributed by atoms with E-state index < -0.39 is 0 Å². The molecule has 0 aliphatic heterocycles. The summed E-state index contributed by atoms with van der Waals surface area (Å²) in [4.78, 5) is 8.13. The maximum atomic E-state index is 6.03. The number of rotatable bonds is 10. The number of nitrogens with zero attached hydrogens (tertiary/aromatic N) is 1. The van der Waals surface area contributed by atoms with Crippen LogP contribution in [0.5, 0.6) is 17.2 Å². The molecule has 0 bridgehead atoms. The number of imidazole rings is 1. The molecule has 0 aliphatic carbocycles. The zero-order chi connectivity index (χ0) is 22.3. The van der Waals surface area contributed by atoms with Gasteiger partial charge in [-0.3, -0.25) is 0 Å². The molecule has 6 nitrogen and oxygen atoms in total. The molecule has 0 amide bonds. The first kappa shape index (κ1) is 21.7. The Labute approximate surface area is 188 Å². The van der Waals surface area contributed by atoms with Gasteiger partial charge < -0.3 is 23.9 Å². The van der Waals surface area contributed by atoms with Crippen molar-refractivity contribution in [2.24, 2.45) is 0 Å². The van der Waals surface area contributed by atoms with E-state index in [9.17, 15) is 0 Å². The lowest BCUT2D eigenvalue weighted by molar-refractivity contribution is 0.0859. The fraction of sp³-hybridized carbons (Fsp3) is 0.269. The van der Waals surface area contributed by atoms with Gasteiger partial charge in [0.15, 0.2) is 0 Å². The van der Waals surface area contributed by atoms with Crippen molar-refractivity contribution in [2.75, 3.05) is 20.3 Å². The van der Waals surface area contributed by atoms with Gasteiger partial charge in [0, 0.05) is 12.7 Å². The van der Waals surface area contributed by atoms with E-state index in [-0.39, 0.29) is 6.10 Å². The van der Waals surface area contributed by atoms with Crippen LogP contribution in [0.1, 0.15) is 36.9 Å². The predicted octanol–water partition coefficient (Wildman–Crippen LogP) is 5.68. The number of H-pyrrole nitrogens is 1. The third-order valence-electron chi connectivity index (χ3n) is 5.11. The normalized spacial score (nSPS) is 12.0. The molecule has 3 aromatic carbocycles. The van der Waals surface area contributed by atoms with Crippen LogP contribution in [0.3, 0.4) is 0 Å². The monoisotopic (exact) mass is 432 g/mol. The first-order chi connectivity index (χ1) is 15.7. The molecule has 1 unspecified atom stereocenters. The van der Waals surface area contributed by atoms with Gasteiger partial charge in [0.2, 0.25) is 0 Å². The zero-order valence-corrected chi connectivity index (χ0v) is 18.6. The minimum Gasteiger partial charge on any atom is -0.497 e. The molecule has 32 heavy (non-hydrogen) atoms. The van der Waals surface area contributed by atoms with Gasteiger partial charge in [-0.25, -0.2) is 4.98 Å². The second-order valence-electron chi connectivity index (χ2n) is 7.28. The molecular weight excluding hydrogens is 404 g/mol. The Morgan fingerprint density at radius 2 is 1.53 bits per heavy atom. The van der Waals surface area contributed by atoms with Crippen molar-refractivity contribution in [2.45, 2.75) is 26.6 Å². The molecule has 6 heteroatoms. The van der Waals surface area contributed by atoms with Crippen molar-refractivity contribution in [3.63, 3.8) is 0 Å². The Balaban J connectivity index is 1.49. The van der Waals surface area contributed by atoms with Crippen LogP contribution < -0.4 is 14.2 Å². The number of hydrogen-bond donors (Lipinski definition) is 1. The van der Waals surface area contributed by atoms with Gasteiger partial charge in [0.05, 0.1) is 24.8 Å². The number of ether oxygens (including phenoxy) is 4. The van der Waals surface area contributed by atoms with E-state index in [4.69, 9.17) is 23.9 Å². The summed E-state index contributed by atoms with van der Waals surface area (Å²) in [5, 5.41) is 0. The Hall–Kier alpha value is -3.51. The van der Waals surface area contributed by atoms with E-state index in [1.807, 2.05) is 80.6 Å². The van der Waals surface area contributed by atoms with Crippen molar-refractivity contribution in [3.8, 4) is 17.2 Å².